The number of hydrogen-bond donors (Lipinski definition) is 0. The van der Waals surface area contributed by atoms with E-state index < -0.39 is 0 Å². The summed E-state index contributed by atoms with van der Waals surface area (Å²) in [7, 11) is 2.13. The van der Waals surface area contributed by atoms with Gasteiger partial charge in [0.15, 0.2) is 0 Å². The highest BCUT2D eigenvalue weighted by atomic mass is 15.1. The minimum Gasteiger partial charge on any atom is -0.335 e. The molecule has 1 aromatic rings. The van der Waals surface area contributed by atoms with E-state index in [1.165, 1.54) is 24.4 Å². The van der Waals surface area contributed by atoms with Crippen molar-refractivity contribution in [2.75, 3.05) is 0 Å². The summed E-state index contributed by atoms with van der Waals surface area (Å²) in [5.74, 6) is 2.65. The highest BCUT2D eigenvalue weighted by Crippen LogP contribution is 2.39. The van der Waals surface area contributed by atoms with E-state index in [4.69, 9.17) is 0 Å². The molecule has 0 spiro atoms. The Morgan fingerprint density at radius 2 is 2.17 bits per heavy atom. The first-order valence-electron chi connectivity index (χ1n) is 4.71. The van der Waals surface area contributed by atoms with Crippen LogP contribution in [0.25, 0.3) is 0 Å². The standard InChI is InChI=1S/C10H16N2/c1-7(2)9-6-11-10(12(9)3)8-4-5-8/h6-8H,4-5H2,1-3H3. The second-order valence-corrected chi connectivity index (χ2v) is 4.03. The predicted octanol–water partition coefficient (Wildman–Crippen LogP) is 2.42. The van der Waals surface area contributed by atoms with Gasteiger partial charge in [-0.1, -0.05) is 13.8 Å². The first-order chi connectivity index (χ1) is 5.70. The van der Waals surface area contributed by atoms with Crippen molar-refractivity contribution in [3.63, 3.8) is 0 Å². The molecule has 0 radical (unpaired) electrons. The zero-order chi connectivity index (χ0) is 8.72. The van der Waals surface area contributed by atoms with E-state index in [9.17, 15) is 0 Å². The minimum absolute atomic E-state index is 0.593. The molecule has 1 aliphatic carbocycles. The van der Waals surface area contributed by atoms with Crippen molar-refractivity contribution in [2.45, 2.75) is 38.5 Å². The third-order valence-electron chi connectivity index (χ3n) is 2.59. The molecule has 0 aliphatic heterocycles. The van der Waals surface area contributed by atoms with E-state index in [2.05, 4.69) is 30.4 Å². The lowest BCUT2D eigenvalue weighted by Gasteiger charge is -2.07. The maximum absolute atomic E-state index is 4.46. The highest BCUT2D eigenvalue weighted by molar-refractivity contribution is 5.15. The highest BCUT2D eigenvalue weighted by Gasteiger charge is 2.28. The van der Waals surface area contributed by atoms with Crippen LogP contribution in [0.3, 0.4) is 0 Å². The lowest BCUT2D eigenvalue weighted by molar-refractivity contribution is 0.705. The van der Waals surface area contributed by atoms with Gasteiger partial charge in [-0.15, -0.1) is 0 Å². The van der Waals surface area contributed by atoms with Gasteiger partial charge in [-0.2, -0.15) is 0 Å². The summed E-state index contributed by atoms with van der Waals surface area (Å²) in [5.41, 5.74) is 1.36. The summed E-state index contributed by atoms with van der Waals surface area (Å²) in [4.78, 5) is 4.46. The van der Waals surface area contributed by atoms with E-state index in [1.54, 1.807) is 0 Å². The molecule has 1 saturated carbocycles. The first-order valence-corrected chi connectivity index (χ1v) is 4.71. The maximum atomic E-state index is 4.46. The van der Waals surface area contributed by atoms with E-state index in [-0.39, 0.29) is 0 Å². The van der Waals surface area contributed by atoms with Crippen LogP contribution >= 0.6 is 0 Å². The summed E-state index contributed by atoms with van der Waals surface area (Å²) >= 11 is 0. The van der Waals surface area contributed by atoms with Crippen molar-refractivity contribution >= 4 is 0 Å². The summed E-state index contributed by atoms with van der Waals surface area (Å²) in [6.07, 6.45) is 4.70. The molecule has 0 saturated heterocycles. The summed E-state index contributed by atoms with van der Waals surface area (Å²) in [6.45, 7) is 4.43. The number of nitrogens with zero attached hydrogens (tertiary/aromatic N) is 2. The zero-order valence-corrected chi connectivity index (χ0v) is 8.04. The average molecular weight is 164 g/mol. The van der Waals surface area contributed by atoms with Gasteiger partial charge in [-0.05, 0) is 18.8 Å². The van der Waals surface area contributed by atoms with Crippen molar-refractivity contribution in [2.24, 2.45) is 7.05 Å². The Hall–Kier alpha value is -0.790. The van der Waals surface area contributed by atoms with Crippen LogP contribution in [0.2, 0.25) is 0 Å². The average Bonchev–Trinajstić information content (AvgIpc) is 2.75. The molecule has 66 valence electrons. The van der Waals surface area contributed by atoms with Crippen LogP contribution in [-0.4, -0.2) is 9.55 Å². The van der Waals surface area contributed by atoms with E-state index in [1.807, 2.05) is 6.20 Å². The van der Waals surface area contributed by atoms with Crippen molar-refractivity contribution in [1.29, 1.82) is 0 Å². The molecule has 0 atom stereocenters. The van der Waals surface area contributed by atoms with Crippen LogP contribution in [-0.2, 0) is 7.05 Å². The molecule has 0 N–H and O–H groups in total. The van der Waals surface area contributed by atoms with Crippen LogP contribution in [0, 0.1) is 0 Å². The fraction of sp³-hybridized carbons (Fsp3) is 0.700. The molecule has 0 amide bonds. The van der Waals surface area contributed by atoms with Gasteiger partial charge in [0.25, 0.3) is 0 Å². The van der Waals surface area contributed by atoms with Gasteiger partial charge in [-0.3, -0.25) is 0 Å². The third-order valence-corrected chi connectivity index (χ3v) is 2.59. The van der Waals surface area contributed by atoms with Crippen LogP contribution in [0.15, 0.2) is 6.20 Å². The Morgan fingerprint density at radius 1 is 1.50 bits per heavy atom. The molecule has 2 rings (SSSR count). The molecule has 2 nitrogen and oxygen atoms in total. The van der Waals surface area contributed by atoms with Gasteiger partial charge in [0.1, 0.15) is 5.82 Å². The minimum atomic E-state index is 0.593. The fourth-order valence-corrected chi connectivity index (χ4v) is 1.69. The number of aromatic nitrogens is 2. The number of hydrogen-bond acceptors (Lipinski definition) is 1. The predicted molar refractivity (Wildman–Crippen MR) is 49.3 cm³/mol. The molecule has 1 aliphatic rings. The van der Waals surface area contributed by atoms with Crippen LogP contribution in [0.1, 0.15) is 50.0 Å². The lowest BCUT2D eigenvalue weighted by atomic mass is 10.1. The molecular weight excluding hydrogens is 148 g/mol. The second-order valence-electron chi connectivity index (χ2n) is 4.03. The van der Waals surface area contributed by atoms with Crippen LogP contribution < -0.4 is 0 Å². The van der Waals surface area contributed by atoms with Gasteiger partial charge in [0.2, 0.25) is 0 Å². The first kappa shape index (κ1) is 7.84. The van der Waals surface area contributed by atoms with E-state index in [0.717, 1.165) is 5.92 Å². The van der Waals surface area contributed by atoms with Crippen LogP contribution in [0.5, 0.6) is 0 Å². The molecule has 0 bridgehead atoms. The third kappa shape index (κ3) is 1.15. The van der Waals surface area contributed by atoms with Gasteiger partial charge < -0.3 is 4.57 Å². The van der Waals surface area contributed by atoms with Crippen molar-refractivity contribution in [3.8, 4) is 0 Å². The smallest absolute Gasteiger partial charge is 0.111 e. The van der Waals surface area contributed by atoms with Gasteiger partial charge in [0, 0.05) is 24.9 Å². The molecule has 1 aromatic heterocycles. The fourth-order valence-electron chi connectivity index (χ4n) is 1.69. The summed E-state index contributed by atoms with van der Waals surface area (Å²) in [6, 6.07) is 0. The molecule has 2 heteroatoms. The SMILES string of the molecule is CC(C)c1cnc(C2CC2)n1C. The zero-order valence-electron chi connectivity index (χ0n) is 8.04. The molecule has 12 heavy (non-hydrogen) atoms. The Balaban J connectivity index is 2.33. The van der Waals surface area contributed by atoms with Crippen molar-refractivity contribution in [1.82, 2.24) is 9.55 Å². The van der Waals surface area contributed by atoms with Gasteiger partial charge >= 0.3 is 0 Å². The Labute approximate surface area is 73.6 Å². The quantitative estimate of drug-likeness (QED) is 0.656. The molecule has 0 unspecified atom stereocenters. The molecule has 0 aromatic carbocycles. The number of imidazole rings is 1. The maximum Gasteiger partial charge on any atom is 0.111 e. The van der Waals surface area contributed by atoms with Crippen molar-refractivity contribution < 1.29 is 0 Å². The summed E-state index contributed by atoms with van der Waals surface area (Å²) < 4.78 is 2.27. The largest absolute Gasteiger partial charge is 0.335 e. The van der Waals surface area contributed by atoms with Gasteiger partial charge in [-0.25, -0.2) is 4.98 Å². The second kappa shape index (κ2) is 2.61. The monoisotopic (exact) mass is 164 g/mol. The van der Waals surface area contributed by atoms with Crippen LogP contribution in [0.4, 0.5) is 0 Å². The van der Waals surface area contributed by atoms with E-state index >= 15 is 0 Å². The van der Waals surface area contributed by atoms with Crippen molar-refractivity contribution in [3.05, 3.63) is 17.7 Å². The Bertz CT molecular complexity index is 263. The van der Waals surface area contributed by atoms with E-state index in [0.29, 0.717) is 5.92 Å². The Morgan fingerprint density at radius 3 is 2.58 bits per heavy atom. The normalized spacial score (nSPS) is 17.3. The molecule has 1 heterocycles. The van der Waals surface area contributed by atoms with Gasteiger partial charge in [0.05, 0.1) is 0 Å². The lowest BCUT2D eigenvalue weighted by Crippen LogP contribution is -2.01. The topological polar surface area (TPSA) is 17.8 Å². The summed E-state index contributed by atoms with van der Waals surface area (Å²) in [5, 5.41) is 0. The Kier molecular flexibility index (Phi) is 1.71. The molecule has 1 fully saturated rings. The number of rotatable bonds is 2. The molecular formula is C10H16N2.